The van der Waals surface area contributed by atoms with E-state index in [1.54, 1.807) is 0 Å². The second-order valence-corrected chi connectivity index (χ2v) is 7.01. The zero-order valence-corrected chi connectivity index (χ0v) is 16.1. The van der Waals surface area contributed by atoms with E-state index in [0.29, 0.717) is 10.2 Å². The standard InChI is InChI=1S/C17H15Cl2N5OS/c1-2-20-15-11-5-3-4-6-13(11)22-17(24-15)26-9-14(25)23-16-12(19)7-10(18)8-21-16/h3-8H,2,9H2,1H3,(H,20,22,24)(H,21,23,25). The first-order chi connectivity index (χ1) is 12.6. The number of hydrogen-bond acceptors (Lipinski definition) is 6. The molecule has 0 saturated carbocycles. The van der Waals surface area contributed by atoms with Gasteiger partial charge in [-0.3, -0.25) is 4.79 Å². The Bertz CT molecular complexity index is 954. The summed E-state index contributed by atoms with van der Waals surface area (Å²) in [6.45, 7) is 2.74. The van der Waals surface area contributed by atoms with Crippen molar-refractivity contribution in [2.45, 2.75) is 12.1 Å². The van der Waals surface area contributed by atoms with E-state index in [1.165, 1.54) is 24.0 Å². The lowest BCUT2D eigenvalue weighted by atomic mass is 10.2. The van der Waals surface area contributed by atoms with E-state index in [-0.39, 0.29) is 22.5 Å². The van der Waals surface area contributed by atoms with Gasteiger partial charge in [-0.25, -0.2) is 15.0 Å². The smallest absolute Gasteiger partial charge is 0.236 e. The van der Waals surface area contributed by atoms with Crippen LogP contribution < -0.4 is 10.6 Å². The predicted octanol–water partition coefficient (Wildman–Crippen LogP) is 4.49. The van der Waals surface area contributed by atoms with Crippen molar-refractivity contribution in [3.8, 4) is 0 Å². The summed E-state index contributed by atoms with van der Waals surface area (Å²) in [5.74, 6) is 0.899. The number of hydrogen-bond donors (Lipinski definition) is 2. The number of aromatic nitrogens is 3. The number of para-hydroxylation sites is 1. The number of nitrogens with one attached hydrogen (secondary N) is 2. The molecule has 0 fully saturated rings. The van der Waals surface area contributed by atoms with Crippen LogP contribution in [0.25, 0.3) is 10.9 Å². The van der Waals surface area contributed by atoms with Gasteiger partial charge in [0.1, 0.15) is 5.82 Å². The van der Waals surface area contributed by atoms with Crippen LogP contribution in [0.1, 0.15) is 6.92 Å². The maximum absolute atomic E-state index is 12.2. The monoisotopic (exact) mass is 407 g/mol. The van der Waals surface area contributed by atoms with Crippen molar-refractivity contribution in [3.63, 3.8) is 0 Å². The molecule has 0 bridgehead atoms. The summed E-state index contributed by atoms with van der Waals surface area (Å²) in [4.78, 5) is 25.2. The number of benzene rings is 1. The zero-order valence-electron chi connectivity index (χ0n) is 13.8. The second kappa shape index (κ2) is 8.53. The van der Waals surface area contributed by atoms with E-state index in [2.05, 4.69) is 25.6 Å². The number of amides is 1. The summed E-state index contributed by atoms with van der Waals surface area (Å²) in [5, 5.41) is 8.03. The van der Waals surface area contributed by atoms with Crippen LogP contribution in [-0.4, -0.2) is 33.2 Å². The van der Waals surface area contributed by atoms with Crippen LogP contribution in [0.15, 0.2) is 41.7 Å². The van der Waals surface area contributed by atoms with E-state index in [0.717, 1.165) is 23.3 Å². The van der Waals surface area contributed by atoms with Gasteiger partial charge in [-0.05, 0) is 25.1 Å². The Morgan fingerprint density at radius 1 is 1.19 bits per heavy atom. The summed E-state index contributed by atoms with van der Waals surface area (Å²) in [7, 11) is 0. The molecule has 0 saturated heterocycles. The number of carbonyl (C=O) groups is 1. The molecule has 1 aromatic carbocycles. The van der Waals surface area contributed by atoms with Gasteiger partial charge in [-0.2, -0.15) is 0 Å². The maximum Gasteiger partial charge on any atom is 0.236 e. The molecule has 134 valence electrons. The molecule has 26 heavy (non-hydrogen) atoms. The van der Waals surface area contributed by atoms with E-state index < -0.39 is 0 Å². The van der Waals surface area contributed by atoms with Crippen molar-refractivity contribution >= 4 is 63.4 Å². The lowest BCUT2D eigenvalue weighted by Crippen LogP contribution is -2.15. The van der Waals surface area contributed by atoms with Gasteiger partial charge in [0.05, 0.1) is 21.3 Å². The third-order valence-electron chi connectivity index (χ3n) is 3.32. The third-order valence-corrected chi connectivity index (χ3v) is 4.67. The molecule has 0 unspecified atom stereocenters. The van der Waals surface area contributed by atoms with Gasteiger partial charge in [0.15, 0.2) is 11.0 Å². The van der Waals surface area contributed by atoms with E-state index in [4.69, 9.17) is 23.2 Å². The van der Waals surface area contributed by atoms with E-state index >= 15 is 0 Å². The van der Waals surface area contributed by atoms with Crippen molar-refractivity contribution in [1.29, 1.82) is 0 Å². The topological polar surface area (TPSA) is 79.8 Å². The van der Waals surface area contributed by atoms with Crippen molar-refractivity contribution in [2.75, 3.05) is 22.9 Å². The predicted molar refractivity (Wildman–Crippen MR) is 107 cm³/mol. The number of halogens is 2. The lowest BCUT2D eigenvalue weighted by molar-refractivity contribution is -0.113. The molecular formula is C17H15Cl2N5OS. The third kappa shape index (κ3) is 4.55. The van der Waals surface area contributed by atoms with Crippen LogP contribution in [0.4, 0.5) is 11.6 Å². The van der Waals surface area contributed by atoms with E-state index in [9.17, 15) is 4.79 Å². The van der Waals surface area contributed by atoms with Crippen LogP contribution in [0.3, 0.4) is 0 Å². The van der Waals surface area contributed by atoms with Gasteiger partial charge in [0.25, 0.3) is 0 Å². The largest absolute Gasteiger partial charge is 0.370 e. The summed E-state index contributed by atoms with van der Waals surface area (Å²) >= 11 is 13.0. The fraction of sp³-hybridized carbons (Fsp3) is 0.176. The molecule has 3 aromatic rings. The summed E-state index contributed by atoms with van der Waals surface area (Å²) in [6.07, 6.45) is 1.42. The minimum atomic E-state index is -0.256. The van der Waals surface area contributed by atoms with E-state index in [1.807, 2.05) is 31.2 Å². The molecular weight excluding hydrogens is 393 g/mol. The van der Waals surface area contributed by atoms with Gasteiger partial charge in [0, 0.05) is 18.1 Å². The minimum Gasteiger partial charge on any atom is -0.370 e. The first-order valence-corrected chi connectivity index (χ1v) is 9.55. The zero-order chi connectivity index (χ0) is 18.5. The molecule has 2 aromatic heterocycles. The van der Waals surface area contributed by atoms with Crippen LogP contribution in [0.5, 0.6) is 0 Å². The number of thioether (sulfide) groups is 1. The average Bonchev–Trinajstić information content (AvgIpc) is 2.63. The number of anilines is 2. The Morgan fingerprint density at radius 3 is 2.77 bits per heavy atom. The van der Waals surface area contributed by atoms with Gasteiger partial charge in [-0.1, -0.05) is 47.1 Å². The molecule has 3 rings (SSSR count). The minimum absolute atomic E-state index is 0.130. The van der Waals surface area contributed by atoms with Crippen LogP contribution in [0, 0.1) is 0 Å². The number of nitrogens with zero attached hydrogens (tertiary/aromatic N) is 3. The van der Waals surface area contributed by atoms with Crippen LogP contribution in [-0.2, 0) is 4.79 Å². The summed E-state index contributed by atoms with van der Waals surface area (Å²) in [5.41, 5.74) is 0.823. The molecule has 0 aliphatic carbocycles. The number of rotatable bonds is 6. The Kier molecular flexibility index (Phi) is 6.13. The number of pyridine rings is 1. The molecule has 0 atom stereocenters. The number of fused-ring (bicyclic) bond motifs is 1. The van der Waals surface area contributed by atoms with Gasteiger partial charge in [-0.15, -0.1) is 0 Å². The van der Waals surface area contributed by atoms with Gasteiger partial charge >= 0.3 is 0 Å². The Hall–Kier alpha value is -2.09. The maximum atomic E-state index is 12.2. The SMILES string of the molecule is CCNc1nc(SCC(=O)Nc2ncc(Cl)cc2Cl)nc2ccccc12. The van der Waals surface area contributed by atoms with Crippen molar-refractivity contribution in [2.24, 2.45) is 0 Å². The van der Waals surface area contributed by atoms with Crippen molar-refractivity contribution in [1.82, 2.24) is 15.0 Å². The van der Waals surface area contributed by atoms with Crippen molar-refractivity contribution < 1.29 is 4.79 Å². The molecule has 0 aliphatic rings. The normalized spacial score (nSPS) is 10.7. The number of carbonyl (C=O) groups excluding carboxylic acids is 1. The first kappa shape index (κ1) is 18.7. The van der Waals surface area contributed by atoms with Gasteiger partial charge < -0.3 is 10.6 Å². The van der Waals surface area contributed by atoms with Crippen LogP contribution in [0.2, 0.25) is 10.0 Å². The highest BCUT2D eigenvalue weighted by molar-refractivity contribution is 7.99. The average molecular weight is 408 g/mol. The van der Waals surface area contributed by atoms with Gasteiger partial charge in [0.2, 0.25) is 5.91 Å². The fourth-order valence-corrected chi connectivity index (χ4v) is 3.31. The summed E-state index contributed by atoms with van der Waals surface area (Å²) in [6, 6.07) is 9.26. The highest BCUT2D eigenvalue weighted by Crippen LogP contribution is 2.25. The van der Waals surface area contributed by atoms with Crippen LogP contribution >= 0.6 is 35.0 Å². The molecule has 9 heteroatoms. The summed E-state index contributed by atoms with van der Waals surface area (Å²) < 4.78 is 0. The fourth-order valence-electron chi connectivity index (χ4n) is 2.23. The highest BCUT2D eigenvalue weighted by Gasteiger charge is 2.12. The Labute approximate surface area is 164 Å². The molecule has 0 radical (unpaired) electrons. The molecule has 0 spiro atoms. The lowest BCUT2D eigenvalue weighted by Gasteiger charge is -2.09. The molecule has 1 amide bonds. The first-order valence-electron chi connectivity index (χ1n) is 7.81. The highest BCUT2D eigenvalue weighted by atomic mass is 35.5. The molecule has 6 nitrogen and oxygen atoms in total. The quantitative estimate of drug-likeness (QED) is 0.462. The molecule has 2 N–H and O–H groups in total. The Morgan fingerprint density at radius 2 is 2.00 bits per heavy atom. The second-order valence-electron chi connectivity index (χ2n) is 5.22. The molecule has 0 aliphatic heterocycles. The Balaban J connectivity index is 1.71. The molecule has 2 heterocycles. The van der Waals surface area contributed by atoms with Crippen molar-refractivity contribution in [3.05, 3.63) is 46.6 Å².